The maximum absolute atomic E-state index is 11.9. The number of nitrogen functional groups attached to an aromatic ring is 1. The van der Waals surface area contributed by atoms with Crippen LogP contribution in [0.4, 0.5) is 10.8 Å². The quantitative estimate of drug-likeness (QED) is 0.801. The highest BCUT2D eigenvalue weighted by molar-refractivity contribution is 7.11. The van der Waals surface area contributed by atoms with Crippen molar-refractivity contribution in [3.05, 3.63) is 5.56 Å². The Balaban J connectivity index is 2.22. The lowest BCUT2D eigenvalue weighted by Crippen LogP contribution is -2.26. The minimum Gasteiger partial charge on any atom is -0.462 e. The molecule has 0 bridgehead atoms. The van der Waals surface area contributed by atoms with Gasteiger partial charge in [0.25, 0.3) is 0 Å². The largest absolute Gasteiger partial charge is 0.462 e. The Morgan fingerprint density at radius 3 is 2.83 bits per heavy atom. The molecular weight excluding hydrogens is 250 g/mol. The van der Waals surface area contributed by atoms with Crippen LogP contribution in [0.2, 0.25) is 0 Å². The topological polar surface area (TPSA) is 68.5 Å². The maximum Gasteiger partial charge on any atom is 0.345 e. The van der Waals surface area contributed by atoms with E-state index in [2.05, 4.69) is 16.2 Å². The molecule has 2 rings (SSSR count). The summed E-state index contributed by atoms with van der Waals surface area (Å²) in [6, 6.07) is 0. The predicted molar refractivity (Wildman–Crippen MR) is 73.1 cm³/mol. The van der Waals surface area contributed by atoms with Gasteiger partial charge in [0.05, 0.1) is 6.61 Å². The standard InChI is InChI=1S/C12H19N3O2S/c1-3-15(7-8-5-6-8)11-9(10(13)14-18-11)12(16)17-4-2/h8H,3-7H2,1-2H3,(H2,13,14). The molecule has 0 amide bonds. The molecule has 0 aliphatic heterocycles. The average Bonchev–Trinajstić information content (AvgIpc) is 3.08. The van der Waals surface area contributed by atoms with Crippen LogP contribution in [0, 0.1) is 5.92 Å². The monoisotopic (exact) mass is 269 g/mol. The number of anilines is 2. The molecule has 2 N–H and O–H groups in total. The van der Waals surface area contributed by atoms with E-state index in [9.17, 15) is 4.79 Å². The summed E-state index contributed by atoms with van der Waals surface area (Å²) < 4.78 is 9.14. The fourth-order valence-corrected chi connectivity index (χ4v) is 2.75. The van der Waals surface area contributed by atoms with E-state index in [1.54, 1.807) is 6.92 Å². The van der Waals surface area contributed by atoms with E-state index in [0.29, 0.717) is 12.2 Å². The molecule has 5 nitrogen and oxygen atoms in total. The molecular formula is C12H19N3O2S. The molecule has 1 aromatic heterocycles. The van der Waals surface area contributed by atoms with Gasteiger partial charge in [-0.05, 0) is 44.1 Å². The molecule has 1 aromatic rings. The predicted octanol–water partition coefficient (Wildman–Crippen LogP) is 2.14. The van der Waals surface area contributed by atoms with E-state index in [4.69, 9.17) is 10.5 Å². The van der Waals surface area contributed by atoms with E-state index < -0.39 is 0 Å². The number of ether oxygens (including phenoxy) is 1. The van der Waals surface area contributed by atoms with Crippen LogP contribution in [0.3, 0.4) is 0 Å². The molecule has 1 aliphatic carbocycles. The Kier molecular flexibility index (Phi) is 4.06. The number of esters is 1. The van der Waals surface area contributed by atoms with Crippen molar-refractivity contribution in [2.24, 2.45) is 5.92 Å². The van der Waals surface area contributed by atoms with Crippen molar-refractivity contribution in [3.63, 3.8) is 0 Å². The van der Waals surface area contributed by atoms with Crippen LogP contribution in [0.15, 0.2) is 0 Å². The number of nitrogens with zero attached hydrogens (tertiary/aromatic N) is 2. The van der Waals surface area contributed by atoms with Gasteiger partial charge in [-0.3, -0.25) is 0 Å². The molecule has 1 heterocycles. The van der Waals surface area contributed by atoms with Crippen molar-refractivity contribution in [2.45, 2.75) is 26.7 Å². The van der Waals surface area contributed by atoms with E-state index in [1.807, 2.05) is 0 Å². The summed E-state index contributed by atoms with van der Waals surface area (Å²) in [5.41, 5.74) is 6.22. The number of hydrogen-bond acceptors (Lipinski definition) is 6. The summed E-state index contributed by atoms with van der Waals surface area (Å²) >= 11 is 1.28. The third-order valence-electron chi connectivity index (χ3n) is 3.02. The van der Waals surface area contributed by atoms with Gasteiger partial charge in [0.2, 0.25) is 0 Å². The zero-order valence-corrected chi connectivity index (χ0v) is 11.6. The second-order valence-corrected chi connectivity index (χ2v) is 5.20. The highest BCUT2D eigenvalue weighted by atomic mass is 32.1. The Hall–Kier alpha value is -1.30. The second kappa shape index (κ2) is 5.56. The molecule has 0 saturated heterocycles. The van der Waals surface area contributed by atoms with Crippen LogP contribution in [0.5, 0.6) is 0 Å². The van der Waals surface area contributed by atoms with Crippen LogP contribution in [-0.2, 0) is 4.74 Å². The van der Waals surface area contributed by atoms with Gasteiger partial charge in [-0.25, -0.2) is 4.79 Å². The SMILES string of the molecule is CCOC(=O)c1c(N)nsc1N(CC)CC1CC1. The van der Waals surface area contributed by atoms with Gasteiger partial charge in [-0.15, -0.1) is 0 Å². The molecule has 0 radical (unpaired) electrons. The van der Waals surface area contributed by atoms with E-state index in [-0.39, 0.29) is 11.8 Å². The number of carbonyl (C=O) groups excluding carboxylic acids is 1. The first-order valence-corrected chi connectivity index (χ1v) is 7.11. The average molecular weight is 269 g/mol. The highest BCUT2D eigenvalue weighted by Crippen LogP contribution is 2.36. The lowest BCUT2D eigenvalue weighted by molar-refractivity contribution is 0.0528. The molecule has 1 saturated carbocycles. The summed E-state index contributed by atoms with van der Waals surface area (Å²) in [6.07, 6.45) is 2.55. The lowest BCUT2D eigenvalue weighted by atomic mass is 10.2. The zero-order chi connectivity index (χ0) is 13.1. The fraction of sp³-hybridized carbons (Fsp3) is 0.667. The van der Waals surface area contributed by atoms with Crippen LogP contribution >= 0.6 is 11.5 Å². The normalized spacial score (nSPS) is 14.6. The van der Waals surface area contributed by atoms with Gasteiger partial charge >= 0.3 is 5.97 Å². The molecule has 0 aromatic carbocycles. The highest BCUT2D eigenvalue weighted by Gasteiger charge is 2.29. The first-order chi connectivity index (χ1) is 8.67. The first kappa shape index (κ1) is 13.1. The van der Waals surface area contributed by atoms with Crippen LogP contribution in [0.25, 0.3) is 0 Å². The van der Waals surface area contributed by atoms with E-state index >= 15 is 0 Å². The summed E-state index contributed by atoms with van der Waals surface area (Å²) in [7, 11) is 0. The van der Waals surface area contributed by atoms with Crippen molar-refractivity contribution in [1.82, 2.24) is 4.37 Å². The summed E-state index contributed by atoms with van der Waals surface area (Å²) in [5, 5.41) is 0.848. The second-order valence-electron chi connectivity index (χ2n) is 4.45. The van der Waals surface area contributed by atoms with Crippen LogP contribution in [0.1, 0.15) is 37.0 Å². The zero-order valence-electron chi connectivity index (χ0n) is 10.8. The number of rotatable bonds is 6. The van der Waals surface area contributed by atoms with E-state index in [0.717, 1.165) is 24.0 Å². The number of hydrogen-bond donors (Lipinski definition) is 1. The molecule has 6 heteroatoms. The third kappa shape index (κ3) is 2.75. The van der Waals surface area contributed by atoms with Crippen molar-refractivity contribution >= 4 is 28.3 Å². The third-order valence-corrected chi connectivity index (χ3v) is 3.95. The molecule has 18 heavy (non-hydrogen) atoms. The molecule has 1 fully saturated rings. The van der Waals surface area contributed by atoms with Gasteiger partial charge in [-0.1, -0.05) is 0 Å². The number of nitrogens with two attached hydrogens (primary N) is 1. The van der Waals surface area contributed by atoms with Gasteiger partial charge in [0.1, 0.15) is 10.6 Å². The van der Waals surface area contributed by atoms with Gasteiger partial charge < -0.3 is 15.4 Å². The summed E-state index contributed by atoms with van der Waals surface area (Å²) in [5.74, 6) is 0.666. The Labute approximate surface area is 111 Å². The van der Waals surface area contributed by atoms with Crippen molar-refractivity contribution < 1.29 is 9.53 Å². The van der Waals surface area contributed by atoms with Gasteiger partial charge in [-0.2, -0.15) is 4.37 Å². The summed E-state index contributed by atoms with van der Waals surface area (Å²) in [4.78, 5) is 14.1. The number of carbonyl (C=O) groups is 1. The Morgan fingerprint density at radius 2 is 2.28 bits per heavy atom. The van der Waals surface area contributed by atoms with E-state index in [1.165, 1.54) is 24.4 Å². The van der Waals surface area contributed by atoms with Crippen LogP contribution < -0.4 is 10.6 Å². The number of aromatic nitrogens is 1. The molecule has 0 atom stereocenters. The summed E-state index contributed by atoms with van der Waals surface area (Å²) in [6.45, 7) is 6.04. The van der Waals surface area contributed by atoms with Gasteiger partial charge in [0, 0.05) is 13.1 Å². The Bertz CT molecular complexity index is 429. The lowest BCUT2D eigenvalue weighted by Gasteiger charge is -2.21. The molecule has 1 aliphatic rings. The maximum atomic E-state index is 11.9. The minimum absolute atomic E-state index is 0.280. The van der Waals surface area contributed by atoms with Crippen molar-refractivity contribution in [2.75, 3.05) is 30.3 Å². The Morgan fingerprint density at radius 1 is 1.56 bits per heavy atom. The fourth-order valence-electron chi connectivity index (χ4n) is 1.87. The first-order valence-electron chi connectivity index (χ1n) is 6.34. The molecule has 100 valence electrons. The molecule has 0 spiro atoms. The van der Waals surface area contributed by atoms with Crippen LogP contribution in [-0.4, -0.2) is 30.0 Å². The van der Waals surface area contributed by atoms with Crippen molar-refractivity contribution in [3.8, 4) is 0 Å². The molecule has 0 unspecified atom stereocenters. The smallest absolute Gasteiger partial charge is 0.345 e. The van der Waals surface area contributed by atoms with Crippen molar-refractivity contribution in [1.29, 1.82) is 0 Å². The minimum atomic E-state index is -0.368. The van der Waals surface area contributed by atoms with Gasteiger partial charge in [0.15, 0.2) is 5.82 Å².